The minimum atomic E-state index is -3.50. The third-order valence-electron chi connectivity index (χ3n) is 3.50. The van der Waals surface area contributed by atoms with Crippen LogP contribution in [0.15, 0.2) is 71.9 Å². The van der Waals surface area contributed by atoms with Gasteiger partial charge < -0.3 is 0 Å². The fourth-order valence-corrected chi connectivity index (χ4v) is 3.18. The van der Waals surface area contributed by atoms with Crippen LogP contribution in [-0.4, -0.2) is 18.2 Å². The van der Waals surface area contributed by atoms with Crippen LogP contribution in [0.1, 0.15) is 11.1 Å². The van der Waals surface area contributed by atoms with Gasteiger partial charge in [0.15, 0.2) is 0 Å². The monoisotopic (exact) mass is 327 g/mol. The van der Waals surface area contributed by atoms with E-state index in [4.69, 9.17) is 0 Å². The molecule has 2 aromatic carbocycles. The molecule has 0 atom stereocenters. The molecule has 0 fully saturated rings. The summed E-state index contributed by atoms with van der Waals surface area (Å²) in [5.74, 6) is 0. The zero-order valence-electron chi connectivity index (χ0n) is 12.7. The van der Waals surface area contributed by atoms with Crippen molar-refractivity contribution in [2.24, 2.45) is 0 Å². The van der Waals surface area contributed by atoms with Crippen molar-refractivity contribution in [1.82, 2.24) is 14.5 Å². The molecule has 3 aromatic rings. The topological polar surface area (TPSA) is 64.0 Å². The van der Waals surface area contributed by atoms with Crippen LogP contribution >= 0.6 is 0 Å². The van der Waals surface area contributed by atoms with Gasteiger partial charge in [0.05, 0.1) is 10.6 Å². The standard InChI is InChI=1S/C17H17N3O2S/c1-14-3-9-17(10-4-14)23(21,22)19-13-15-5-7-16(8-6-15)20-12-2-11-18-20/h2-12,19H,13H2,1H3. The van der Waals surface area contributed by atoms with Gasteiger partial charge in [-0.3, -0.25) is 0 Å². The van der Waals surface area contributed by atoms with E-state index in [0.717, 1.165) is 16.8 Å². The molecule has 0 saturated heterocycles. The summed E-state index contributed by atoms with van der Waals surface area (Å²) in [6, 6.07) is 16.2. The number of rotatable bonds is 5. The van der Waals surface area contributed by atoms with E-state index < -0.39 is 10.0 Å². The minimum absolute atomic E-state index is 0.246. The predicted molar refractivity (Wildman–Crippen MR) is 88.8 cm³/mol. The molecule has 0 amide bonds. The number of aromatic nitrogens is 2. The van der Waals surface area contributed by atoms with Crippen molar-refractivity contribution < 1.29 is 8.42 Å². The van der Waals surface area contributed by atoms with Gasteiger partial charge in [-0.2, -0.15) is 5.10 Å². The summed E-state index contributed by atoms with van der Waals surface area (Å²) in [7, 11) is -3.50. The van der Waals surface area contributed by atoms with Crippen molar-refractivity contribution in [1.29, 1.82) is 0 Å². The van der Waals surface area contributed by atoms with Gasteiger partial charge in [-0.15, -0.1) is 0 Å². The van der Waals surface area contributed by atoms with Gasteiger partial charge >= 0.3 is 0 Å². The molecule has 0 aliphatic carbocycles. The Morgan fingerprint density at radius 3 is 2.35 bits per heavy atom. The maximum atomic E-state index is 12.2. The summed E-state index contributed by atoms with van der Waals surface area (Å²) in [4.78, 5) is 0.274. The number of aryl methyl sites for hydroxylation is 1. The molecule has 23 heavy (non-hydrogen) atoms. The fourth-order valence-electron chi connectivity index (χ4n) is 2.17. The van der Waals surface area contributed by atoms with E-state index in [9.17, 15) is 8.42 Å². The number of benzene rings is 2. The molecule has 0 unspecified atom stereocenters. The van der Waals surface area contributed by atoms with Crippen LogP contribution in [0.5, 0.6) is 0 Å². The summed E-state index contributed by atoms with van der Waals surface area (Å²) in [5.41, 5.74) is 2.84. The highest BCUT2D eigenvalue weighted by Crippen LogP contribution is 2.12. The highest BCUT2D eigenvalue weighted by Gasteiger charge is 2.13. The number of nitrogens with zero attached hydrogens (tertiary/aromatic N) is 2. The Labute approximate surface area is 135 Å². The van der Waals surface area contributed by atoms with Gasteiger partial charge in [-0.25, -0.2) is 17.8 Å². The van der Waals surface area contributed by atoms with Gasteiger partial charge in [0.2, 0.25) is 10.0 Å². The second-order valence-corrected chi connectivity index (χ2v) is 7.02. The Hall–Kier alpha value is -2.44. The normalized spacial score (nSPS) is 11.5. The van der Waals surface area contributed by atoms with Crippen LogP contribution < -0.4 is 4.72 Å². The Morgan fingerprint density at radius 1 is 1.04 bits per heavy atom. The third-order valence-corrected chi connectivity index (χ3v) is 4.92. The molecule has 0 radical (unpaired) electrons. The molecule has 5 nitrogen and oxygen atoms in total. The van der Waals surface area contributed by atoms with Crippen LogP contribution in [0.2, 0.25) is 0 Å². The molecule has 1 heterocycles. The molecule has 3 rings (SSSR count). The quantitative estimate of drug-likeness (QED) is 0.783. The highest BCUT2D eigenvalue weighted by atomic mass is 32.2. The molecule has 6 heteroatoms. The Morgan fingerprint density at radius 2 is 1.74 bits per heavy atom. The van der Waals surface area contributed by atoms with E-state index >= 15 is 0 Å². The summed E-state index contributed by atoms with van der Waals surface area (Å²) >= 11 is 0. The average Bonchev–Trinajstić information content (AvgIpc) is 3.08. The Bertz CT molecular complexity index is 869. The number of hydrogen-bond acceptors (Lipinski definition) is 3. The maximum absolute atomic E-state index is 12.2. The highest BCUT2D eigenvalue weighted by molar-refractivity contribution is 7.89. The largest absolute Gasteiger partial charge is 0.241 e. The lowest BCUT2D eigenvalue weighted by molar-refractivity contribution is 0.581. The van der Waals surface area contributed by atoms with E-state index in [2.05, 4.69) is 9.82 Å². The molecule has 118 valence electrons. The summed E-state index contributed by atoms with van der Waals surface area (Å²) in [6.45, 7) is 2.17. The van der Waals surface area contributed by atoms with Crippen LogP contribution in [0.3, 0.4) is 0 Å². The molecule has 1 aromatic heterocycles. The number of hydrogen-bond donors (Lipinski definition) is 1. The van der Waals surface area contributed by atoms with Crippen molar-refractivity contribution in [3.63, 3.8) is 0 Å². The molecule has 0 spiro atoms. The molecule has 0 saturated carbocycles. The Balaban J connectivity index is 1.69. The van der Waals surface area contributed by atoms with Gasteiger partial charge in [0.25, 0.3) is 0 Å². The first kappa shape index (κ1) is 15.5. The van der Waals surface area contributed by atoms with E-state index in [1.54, 1.807) is 35.1 Å². The zero-order valence-corrected chi connectivity index (χ0v) is 13.5. The maximum Gasteiger partial charge on any atom is 0.240 e. The van der Waals surface area contributed by atoms with E-state index in [1.165, 1.54) is 0 Å². The molecular weight excluding hydrogens is 310 g/mol. The minimum Gasteiger partial charge on any atom is -0.241 e. The third kappa shape index (κ3) is 3.67. The summed E-state index contributed by atoms with van der Waals surface area (Å²) < 4.78 is 28.9. The van der Waals surface area contributed by atoms with Gasteiger partial charge in [0.1, 0.15) is 0 Å². The lowest BCUT2D eigenvalue weighted by Crippen LogP contribution is -2.23. The fraction of sp³-hybridized carbons (Fsp3) is 0.118. The molecular formula is C17H17N3O2S. The first-order valence-corrected chi connectivity index (χ1v) is 8.68. The summed E-state index contributed by atoms with van der Waals surface area (Å²) in [5, 5.41) is 4.15. The van der Waals surface area contributed by atoms with Gasteiger partial charge in [-0.05, 0) is 42.8 Å². The van der Waals surface area contributed by atoms with Crippen molar-refractivity contribution in [3.8, 4) is 5.69 Å². The van der Waals surface area contributed by atoms with Crippen molar-refractivity contribution in [2.75, 3.05) is 0 Å². The molecule has 0 aliphatic heterocycles. The smallest absolute Gasteiger partial charge is 0.240 e. The van der Waals surface area contributed by atoms with Gasteiger partial charge in [-0.1, -0.05) is 29.8 Å². The number of nitrogens with one attached hydrogen (secondary N) is 1. The lowest BCUT2D eigenvalue weighted by Gasteiger charge is -2.08. The van der Waals surface area contributed by atoms with E-state index in [1.807, 2.05) is 43.5 Å². The second-order valence-electron chi connectivity index (χ2n) is 5.25. The average molecular weight is 327 g/mol. The zero-order chi connectivity index (χ0) is 16.3. The van der Waals surface area contributed by atoms with Gasteiger partial charge in [0, 0.05) is 18.9 Å². The van der Waals surface area contributed by atoms with Crippen molar-refractivity contribution in [2.45, 2.75) is 18.4 Å². The van der Waals surface area contributed by atoms with E-state index in [0.29, 0.717) is 0 Å². The van der Waals surface area contributed by atoms with Crippen molar-refractivity contribution in [3.05, 3.63) is 78.1 Å². The molecule has 0 aliphatic rings. The second kappa shape index (κ2) is 6.36. The van der Waals surface area contributed by atoms with Crippen LogP contribution in [0, 0.1) is 6.92 Å². The Kier molecular flexibility index (Phi) is 4.27. The molecule has 0 bridgehead atoms. The lowest BCUT2D eigenvalue weighted by atomic mass is 10.2. The summed E-state index contributed by atoms with van der Waals surface area (Å²) in [6.07, 6.45) is 3.57. The van der Waals surface area contributed by atoms with E-state index in [-0.39, 0.29) is 11.4 Å². The number of sulfonamides is 1. The first-order chi connectivity index (χ1) is 11.0. The van der Waals surface area contributed by atoms with Crippen molar-refractivity contribution >= 4 is 10.0 Å². The predicted octanol–water partition coefficient (Wildman–Crippen LogP) is 2.66. The SMILES string of the molecule is Cc1ccc(S(=O)(=O)NCc2ccc(-n3cccn3)cc2)cc1. The van der Waals surface area contributed by atoms with Crippen LogP contribution in [-0.2, 0) is 16.6 Å². The first-order valence-electron chi connectivity index (χ1n) is 7.20. The molecule has 1 N–H and O–H groups in total. The van der Waals surface area contributed by atoms with Crippen LogP contribution in [0.4, 0.5) is 0 Å². The van der Waals surface area contributed by atoms with Crippen LogP contribution in [0.25, 0.3) is 5.69 Å².